The summed E-state index contributed by atoms with van der Waals surface area (Å²) in [7, 11) is 0. The van der Waals surface area contributed by atoms with Crippen molar-refractivity contribution in [3.05, 3.63) is 45.5 Å². The van der Waals surface area contributed by atoms with E-state index in [1.807, 2.05) is 0 Å². The number of nitrogens with zero attached hydrogens (tertiary/aromatic N) is 4. The summed E-state index contributed by atoms with van der Waals surface area (Å²) in [6.07, 6.45) is 6.18. The molecule has 0 bridgehead atoms. The number of hydrogen-bond donors (Lipinski definition) is 1. The lowest BCUT2D eigenvalue weighted by molar-refractivity contribution is -0.114. The van der Waals surface area contributed by atoms with E-state index in [1.54, 1.807) is 25.2 Å². The number of morpholine rings is 1. The minimum atomic E-state index is -0.446. The summed E-state index contributed by atoms with van der Waals surface area (Å²) < 4.78 is 12.2. The molecule has 2 aromatic heterocycles. The molecule has 2 aromatic rings. The monoisotopic (exact) mass is 401 g/mol. The van der Waals surface area contributed by atoms with Crippen molar-refractivity contribution in [3.63, 3.8) is 0 Å². The van der Waals surface area contributed by atoms with Crippen LogP contribution < -0.4 is 16.2 Å². The van der Waals surface area contributed by atoms with E-state index in [-0.39, 0.29) is 22.9 Å². The summed E-state index contributed by atoms with van der Waals surface area (Å²) in [5.41, 5.74) is 6.63. The van der Waals surface area contributed by atoms with E-state index in [0.29, 0.717) is 30.4 Å². The highest BCUT2D eigenvalue weighted by Gasteiger charge is 2.19. The first kappa shape index (κ1) is 18.4. The Bertz CT molecular complexity index is 1080. The number of nitrogens with two attached hydrogens (primary N) is 1. The first-order valence-corrected chi connectivity index (χ1v) is 9.69. The fourth-order valence-electron chi connectivity index (χ4n) is 2.94. The molecule has 1 aliphatic heterocycles. The van der Waals surface area contributed by atoms with Crippen LogP contribution >= 0.6 is 11.3 Å². The second kappa shape index (κ2) is 7.56. The van der Waals surface area contributed by atoms with E-state index in [9.17, 15) is 9.59 Å². The van der Waals surface area contributed by atoms with E-state index in [0.717, 1.165) is 18.2 Å². The molecule has 0 unspecified atom stereocenters. The number of aromatic nitrogens is 3. The van der Waals surface area contributed by atoms with Gasteiger partial charge in [0.1, 0.15) is 5.82 Å². The normalized spacial score (nSPS) is 18.8. The minimum Gasteiger partial charge on any atom is -0.490 e. The lowest BCUT2D eigenvalue weighted by Crippen LogP contribution is -2.36. The van der Waals surface area contributed by atoms with Gasteiger partial charge in [-0.25, -0.2) is 0 Å². The topological polar surface area (TPSA) is 112 Å². The molecule has 28 heavy (non-hydrogen) atoms. The van der Waals surface area contributed by atoms with Gasteiger partial charge in [0.15, 0.2) is 5.76 Å². The molecule has 1 fully saturated rings. The summed E-state index contributed by atoms with van der Waals surface area (Å²) in [5.74, 6) is 0.217. The van der Waals surface area contributed by atoms with Crippen LogP contribution in [0.15, 0.2) is 34.4 Å². The second-order valence-electron chi connectivity index (χ2n) is 6.18. The van der Waals surface area contributed by atoms with Crippen LogP contribution in [0.3, 0.4) is 0 Å². The van der Waals surface area contributed by atoms with Crippen molar-refractivity contribution in [2.45, 2.75) is 6.92 Å². The number of carbonyl (C=O) groups excluding carboxylic acids is 1. The van der Waals surface area contributed by atoms with Crippen LogP contribution in [0.1, 0.15) is 12.5 Å². The molecule has 0 spiro atoms. The van der Waals surface area contributed by atoms with Gasteiger partial charge in [-0.1, -0.05) is 17.4 Å². The molecule has 0 amide bonds. The zero-order valence-corrected chi connectivity index (χ0v) is 16.1. The molecule has 10 heteroatoms. The third-order valence-electron chi connectivity index (χ3n) is 4.34. The predicted octanol–water partition coefficient (Wildman–Crippen LogP) is 1.01. The van der Waals surface area contributed by atoms with Gasteiger partial charge < -0.3 is 20.1 Å². The maximum absolute atomic E-state index is 12.5. The Hall–Kier alpha value is -2.98. The molecule has 2 aliphatic rings. The predicted molar refractivity (Wildman–Crippen MR) is 106 cm³/mol. The lowest BCUT2D eigenvalue weighted by Gasteiger charge is -2.25. The molecule has 2 N–H and O–H groups in total. The summed E-state index contributed by atoms with van der Waals surface area (Å²) >= 11 is 1.31. The average Bonchev–Trinajstić information content (AvgIpc) is 3.12. The number of ether oxygens (including phenoxy) is 2. The third kappa shape index (κ3) is 3.43. The van der Waals surface area contributed by atoms with Crippen molar-refractivity contribution in [1.29, 1.82) is 0 Å². The second-order valence-corrected chi connectivity index (χ2v) is 7.11. The number of ketones is 1. The molecular formula is C18H19N5O4S. The van der Waals surface area contributed by atoms with Crippen LogP contribution in [0.25, 0.3) is 11.0 Å². The highest BCUT2D eigenvalue weighted by atomic mass is 32.1. The Morgan fingerprint density at radius 2 is 2.11 bits per heavy atom. The Labute approximate surface area is 164 Å². The molecule has 3 heterocycles. The summed E-state index contributed by atoms with van der Waals surface area (Å²) in [6.45, 7) is 4.89. The van der Waals surface area contributed by atoms with E-state index in [2.05, 4.69) is 15.0 Å². The molecule has 4 rings (SSSR count). The van der Waals surface area contributed by atoms with Gasteiger partial charge in [0.25, 0.3) is 5.56 Å². The Balaban J connectivity index is 1.74. The molecule has 0 aromatic carbocycles. The van der Waals surface area contributed by atoms with Gasteiger partial charge in [-0.3, -0.25) is 9.59 Å². The van der Waals surface area contributed by atoms with E-state index >= 15 is 0 Å². The first-order chi connectivity index (χ1) is 13.6. The highest BCUT2D eigenvalue weighted by molar-refractivity contribution is 7.20. The number of fused-ring (bicyclic) bond motifs is 1. The maximum atomic E-state index is 12.5. The van der Waals surface area contributed by atoms with Gasteiger partial charge in [-0.15, -0.1) is 5.10 Å². The third-order valence-corrected chi connectivity index (χ3v) is 5.31. The van der Waals surface area contributed by atoms with E-state index < -0.39 is 5.56 Å². The Kier molecular flexibility index (Phi) is 4.97. The van der Waals surface area contributed by atoms with Crippen LogP contribution in [0, 0.1) is 0 Å². The maximum Gasteiger partial charge on any atom is 0.283 e. The van der Waals surface area contributed by atoms with Gasteiger partial charge in [0.05, 0.1) is 25.4 Å². The molecule has 9 nitrogen and oxygen atoms in total. The Morgan fingerprint density at radius 3 is 2.86 bits per heavy atom. The van der Waals surface area contributed by atoms with Crippen molar-refractivity contribution in [3.8, 4) is 0 Å². The van der Waals surface area contributed by atoms with E-state index in [1.165, 1.54) is 21.9 Å². The number of hydrogen-bond acceptors (Lipinski definition) is 9. The summed E-state index contributed by atoms with van der Waals surface area (Å²) in [6, 6.07) is 0. The van der Waals surface area contributed by atoms with Crippen LogP contribution in [0.2, 0.25) is 0 Å². The van der Waals surface area contributed by atoms with Gasteiger partial charge in [-0.2, -0.15) is 9.50 Å². The van der Waals surface area contributed by atoms with Crippen molar-refractivity contribution >= 4 is 39.1 Å². The van der Waals surface area contributed by atoms with Gasteiger partial charge in [-0.05, 0) is 30.7 Å². The fraction of sp³-hybridized carbons (Fsp3) is 0.333. The van der Waals surface area contributed by atoms with Crippen LogP contribution in [0.5, 0.6) is 0 Å². The molecule has 0 saturated carbocycles. The summed E-state index contributed by atoms with van der Waals surface area (Å²) in [4.78, 5) is 31.0. The fourth-order valence-corrected chi connectivity index (χ4v) is 3.89. The summed E-state index contributed by atoms with van der Waals surface area (Å²) in [5, 5.41) is 5.27. The van der Waals surface area contributed by atoms with Crippen LogP contribution in [0.4, 0.5) is 10.9 Å². The van der Waals surface area contributed by atoms with Crippen molar-refractivity contribution in [1.82, 2.24) is 14.6 Å². The zero-order valence-electron chi connectivity index (χ0n) is 15.3. The standard InChI is InChI=1S/C18H19N5O4S/c1-2-27-14-10-11(3-4-13(14)24)9-12-15(19)23-17(20-16(12)25)28-18(21-23)22-5-7-26-8-6-22/h3-4,9-10H,2,5-8,19H2,1H3. The zero-order chi connectivity index (χ0) is 19.7. The van der Waals surface area contributed by atoms with E-state index in [4.69, 9.17) is 15.2 Å². The van der Waals surface area contributed by atoms with Crippen molar-refractivity contribution in [2.24, 2.45) is 0 Å². The van der Waals surface area contributed by atoms with Crippen LogP contribution in [-0.4, -0.2) is 53.3 Å². The Morgan fingerprint density at radius 1 is 1.32 bits per heavy atom. The smallest absolute Gasteiger partial charge is 0.283 e. The largest absolute Gasteiger partial charge is 0.490 e. The SMILES string of the molecule is CCOC1=CC(=Cc2c(N)n3nc(N4CCOCC4)sc3nc2=O)C=CC1=O. The highest BCUT2D eigenvalue weighted by Crippen LogP contribution is 2.26. The van der Waals surface area contributed by atoms with Crippen molar-refractivity contribution < 1.29 is 14.3 Å². The molecular weight excluding hydrogens is 382 g/mol. The quantitative estimate of drug-likeness (QED) is 0.808. The van der Waals surface area contributed by atoms with Gasteiger partial charge in [0, 0.05) is 13.1 Å². The number of nitrogen functional groups attached to an aromatic ring is 1. The van der Waals surface area contributed by atoms with Crippen molar-refractivity contribution in [2.75, 3.05) is 43.5 Å². The average molecular weight is 401 g/mol. The molecule has 146 valence electrons. The van der Waals surface area contributed by atoms with Gasteiger partial charge >= 0.3 is 0 Å². The molecule has 0 radical (unpaired) electrons. The van der Waals surface area contributed by atoms with Gasteiger partial charge in [0.2, 0.25) is 15.9 Å². The number of allylic oxidation sites excluding steroid dienone is 4. The molecule has 1 aliphatic carbocycles. The first-order valence-electron chi connectivity index (χ1n) is 8.87. The molecule has 0 atom stereocenters. The minimum absolute atomic E-state index is 0.204. The number of carbonyl (C=O) groups is 1. The number of anilines is 2. The number of rotatable bonds is 4. The van der Waals surface area contributed by atoms with Crippen LogP contribution in [-0.2, 0) is 14.3 Å². The molecule has 1 saturated heterocycles. The lowest BCUT2D eigenvalue weighted by atomic mass is 10.0.